The highest BCUT2D eigenvalue weighted by molar-refractivity contribution is 7.98. The summed E-state index contributed by atoms with van der Waals surface area (Å²) in [6.45, 7) is 15.6. The lowest BCUT2D eigenvalue weighted by Gasteiger charge is -2.28. The van der Waals surface area contributed by atoms with E-state index in [0.717, 1.165) is 6.92 Å². The van der Waals surface area contributed by atoms with Crippen molar-refractivity contribution in [1.29, 1.82) is 0 Å². The molecule has 49 heteroatoms. The summed E-state index contributed by atoms with van der Waals surface area (Å²) in [6.07, 6.45) is 1.67. The third-order valence-electron chi connectivity index (χ3n) is 19.0. The molecule has 47 nitrogen and oxygen atoms in total. The fourth-order valence-corrected chi connectivity index (χ4v) is 12.5. The summed E-state index contributed by atoms with van der Waals surface area (Å²) in [5.41, 5.74) is 39.2. The van der Waals surface area contributed by atoms with Crippen molar-refractivity contribution in [3.05, 3.63) is 0 Å². The van der Waals surface area contributed by atoms with Crippen LogP contribution in [0.3, 0.4) is 0 Å². The van der Waals surface area contributed by atoms with E-state index in [9.17, 15) is 106 Å². The van der Waals surface area contributed by atoms with Crippen LogP contribution in [0.1, 0.15) is 172 Å². The molecule has 0 aromatic heterocycles. The number of nitrogens with one attached hydrogen (secondary N) is 18. The van der Waals surface area contributed by atoms with Gasteiger partial charge in [0.1, 0.15) is 103 Å². The second-order valence-electron chi connectivity index (χ2n) is 30.9. The molecule has 0 radical (unpaired) electrons. The molecule has 0 saturated carbocycles. The first-order valence-corrected chi connectivity index (χ1v) is 44.0. The zero-order chi connectivity index (χ0) is 94.8. The molecule has 0 fully saturated rings. The fraction of sp³-hybridized carbons (Fsp3) is 0.747. The van der Waals surface area contributed by atoms with Gasteiger partial charge < -0.3 is 141 Å². The van der Waals surface area contributed by atoms with Crippen LogP contribution in [0, 0.1) is 17.8 Å². The number of thioether (sulfide) groups is 2. The molecule has 35 N–H and O–H groups in total. The van der Waals surface area contributed by atoms with Gasteiger partial charge in [-0.3, -0.25) is 96.9 Å². The Morgan fingerprint density at radius 3 is 1.11 bits per heavy atom. The van der Waals surface area contributed by atoms with E-state index in [1.165, 1.54) is 51.2 Å². The van der Waals surface area contributed by atoms with Crippen LogP contribution >= 0.6 is 23.5 Å². The third-order valence-corrected chi connectivity index (χ3v) is 20.2. The first-order valence-electron chi connectivity index (χ1n) is 41.2. The Hall–Kier alpha value is -9.73. The van der Waals surface area contributed by atoms with Crippen molar-refractivity contribution in [1.82, 2.24) is 95.7 Å². The molecule has 0 unspecified atom stereocenters. The smallest absolute Gasteiger partial charge is 0.326 e. The van der Waals surface area contributed by atoms with Crippen LogP contribution in [0.2, 0.25) is 0 Å². The minimum absolute atomic E-state index is 0.00727. The SMILES string of the molecule is CC[C@H](C)[C@H](NC(=O)[C@@H](N)CCCNC(N)N)C(=O)N[C@@H](CO)C(=O)N[C@@H](C)C(=O)N[C@@H](CC(=O)O)C(=O)N[C@@H](C)C(=O)N[C@@H](CCSC)C(=O)N[C@@H](CCSC)C(=O)N[C@@H](CCC(N)=O)C(=O)N[C@@H](C)C(=O)N[C@@H](CC(C)C)C(=O)N[C@@H](CC(C)C)C(=O)NCC(=O)N[C@@H](C)C(=O)N[C@@H](CCCNC(N)N)C(=O)N[C@@H](C)C(=O)N[C@@H](CCCCN)C(=O)O. The molecule has 124 heavy (non-hydrogen) atoms. The number of amides is 17. The molecular weight excluding hydrogens is 1670 g/mol. The Bertz CT molecular complexity index is 3500. The highest BCUT2D eigenvalue weighted by Gasteiger charge is 2.38. The quantitative estimate of drug-likeness (QED) is 0.0199. The number of carboxylic acid groups (broad SMARTS) is 2. The number of hydrogen-bond acceptors (Lipinski definition) is 30. The molecule has 0 aliphatic rings. The number of aliphatic carboxylic acids is 2. The number of carbonyl (C=O) groups is 19. The first-order chi connectivity index (χ1) is 58.1. The van der Waals surface area contributed by atoms with E-state index < -0.39 is 260 Å². The van der Waals surface area contributed by atoms with Gasteiger partial charge in [0.25, 0.3) is 0 Å². The van der Waals surface area contributed by atoms with E-state index in [-0.39, 0.29) is 81.3 Å². The van der Waals surface area contributed by atoms with Crippen LogP contribution in [0.4, 0.5) is 0 Å². The molecule has 0 aromatic rings. The number of aliphatic hydroxyl groups excluding tert-OH is 1. The van der Waals surface area contributed by atoms with Gasteiger partial charge in [0, 0.05) is 6.42 Å². The lowest BCUT2D eigenvalue weighted by Crippen LogP contribution is -2.61. The van der Waals surface area contributed by atoms with Crippen LogP contribution in [0.5, 0.6) is 0 Å². The zero-order valence-electron chi connectivity index (χ0n) is 73.1. The molecule has 0 saturated heterocycles. The van der Waals surface area contributed by atoms with Gasteiger partial charge in [-0.15, -0.1) is 0 Å². The molecule has 17 amide bonds. The number of aliphatic hydroxyl groups is 1. The van der Waals surface area contributed by atoms with Crippen LogP contribution in [-0.2, 0) is 91.1 Å². The van der Waals surface area contributed by atoms with E-state index in [0.29, 0.717) is 38.8 Å². The van der Waals surface area contributed by atoms with E-state index in [4.69, 9.17) is 40.1 Å². The lowest BCUT2D eigenvalue weighted by atomic mass is 9.97. The number of nitrogens with two attached hydrogens (primary N) is 7. The number of primary amides is 1. The topological polar surface area (TPSA) is 784 Å². The second-order valence-corrected chi connectivity index (χ2v) is 32.9. The van der Waals surface area contributed by atoms with Crippen molar-refractivity contribution < 1.29 is 106 Å². The summed E-state index contributed by atoms with van der Waals surface area (Å²) < 4.78 is 0. The summed E-state index contributed by atoms with van der Waals surface area (Å²) in [5, 5.41) is 74.3. The Balaban J connectivity index is 6.44. The summed E-state index contributed by atoms with van der Waals surface area (Å²) in [4.78, 5) is 255. The van der Waals surface area contributed by atoms with Gasteiger partial charge in [-0.25, -0.2) is 4.79 Å². The Labute approximate surface area is 731 Å². The molecule has 0 bridgehead atoms. The van der Waals surface area contributed by atoms with Crippen molar-refractivity contribution in [2.45, 2.75) is 282 Å². The Morgan fingerprint density at radius 1 is 0.363 bits per heavy atom. The van der Waals surface area contributed by atoms with Crippen molar-refractivity contribution in [2.24, 2.45) is 57.9 Å². The van der Waals surface area contributed by atoms with E-state index in [1.54, 1.807) is 54.1 Å². The van der Waals surface area contributed by atoms with E-state index in [2.05, 4.69) is 95.7 Å². The fourth-order valence-electron chi connectivity index (χ4n) is 11.6. The molecule has 0 rings (SSSR count). The van der Waals surface area contributed by atoms with E-state index >= 15 is 0 Å². The average molecular weight is 1810 g/mol. The summed E-state index contributed by atoms with van der Waals surface area (Å²) in [7, 11) is 0. The highest BCUT2D eigenvalue weighted by Crippen LogP contribution is 2.15. The van der Waals surface area contributed by atoms with Gasteiger partial charge in [-0.05, 0) is 173 Å². The average Bonchev–Trinajstić information content (AvgIpc) is 0.860. The Kier molecular flexibility index (Phi) is 56.7. The molecule has 17 atom stereocenters. The van der Waals surface area contributed by atoms with Gasteiger partial charge in [0.05, 0.1) is 25.6 Å². The lowest BCUT2D eigenvalue weighted by molar-refractivity contribution is -0.142. The standard InChI is InChI=1S/C75H139N25O22S2/c1-14-38(6)57(100-63(111)44(77)19-17-27-83-74(79)80)72(120)99-53(35-101)71(119)90-43(11)62(110)97-52(33-56(104)105)69(117)89-40(8)59(107)92-47(24-29-123-12)67(115)94-48(25-30-124-13)68(116)93-46(22-23-54(78)102)66(114)88-42(10)61(109)96-51(32-37(4)5)70(118)98-50(31-36(2)3)64(112)85-34-55(103)86-39(7)58(106)91-45(21-18-28-84-75(81)82)65(113)87-41(9)60(108)95-49(73(121)122)20-15-16-26-76/h36-53,57,74-75,83-84,101H,14-35,76-77,79-82H2,1-13H3,(H2,78,102)(H,85,112)(H,86,103)(H,87,113)(H,88,114)(H,89,117)(H,90,119)(H,91,106)(H,92,107)(H,93,116)(H,94,115)(H,95,108)(H,96,109)(H,97,110)(H,98,118)(H,99,120)(H,100,111)(H,104,105)(H,121,122)/t38-,39-,40-,41-,42-,43-,44-,45-,46-,47-,48-,49-,50-,51-,52-,53-,57-/m0/s1. The molecule has 0 aromatic carbocycles. The van der Waals surface area contributed by atoms with Crippen molar-refractivity contribution in [3.8, 4) is 0 Å². The largest absolute Gasteiger partial charge is 0.481 e. The van der Waals surface area contributed by atoms with Crippen LogP contribution in [-0.4, -0.2) is 294 Å². The number of carboxylic acids is 2. The van der Waals surface area contributed by atoms with Gasteiger partial charge in [-0.2, -0.15) is 23.5 Å². The molecule has 0 heterocycles. The summed E-state index contributed by atoms with van der Waals surface area (Å²) in [6, 6.07) is -22.9. The van der Waals surface area contributed by atoms with Gasteiger partial charge in [0.2, 0.25) is 100 Å². The summed E-state index contributed by atoms with van der Waals surface area (Å²) >= 11 is 2.53. The van der Waals surface area contributed by atoms with Crippen molar-refractivity contribution >= 4 is 136 Å². The van der Waals surface area contributed by atoms with Gasteiger partial charge in [0.15, 0.2) is 0 Å². The van der Waals surface area contributed by atoms with Crippen LogP contribution in [0.25, 0.3) is 0 Å². The first kappa shape index (κ1) is 114. The van der Waals surface area contributed by atoms with Crippen LogP contribution < -0.4 is 136 Å². The highest BCUT2D eigenvalue weighted by atomic mass is 32.2. The zero-order valence-corrected chi connectivity index (χ0v) is 74.8. The minimum Gasteiger partial charge on any atom is -0.481 e. The monoisotopic (exact) mass is 1810 g/mol. The number of carbonyl (C=O) groups excluding carboxylic acids is 17. The maximum absolute atomic E-state index is 14.3. The summed E-state index contributed by atoms with van der Waals surface area (Å²) in [5.74, 6) is -19.4. The number of rotatable bonds is 65. The normalized spacial score (nSPS) is 15.4. The predicted molar refractivity (Wildman–Crippen MR) is 460 cm³/mol. The molecule has 0 spiro atoms. The molecule has 708 valence electrons. The number of unbranched alkanes of at least 4 members (excludes halogenated alkanes) is 1. The van der Waals surface area contributed by atoms with Gasteiger partial charge >= 0.3 is 11.9 Å². The van der Waals surface area contributed by atoms with E-state index in [1.807, 2.05) is 0 Å². The number of hydrogen-bond donors (Lipinski definition) is 28. The second kappa shape index (κ2) is 61.6. The molecule has 0 aliphatic heterocycles. The molecular formula is C75H139N25O22S2. The van der Waals surface area contributed by atoms with Gasteiger partial charge in [-0.1, -0.05) is 48.0 Å². The maximum Gasteiger partial charge on any atom is 0.326 e. The van der Waals surface area contributed by atoms with Crippen LogP contribution in [0.15, 0.2) is 0 Å². The van der Waals surface area contributed by atoms with Crippen molar-refractivity contribution in [3.63, 3.8) is 0 Å². The Morgan fingerprint density at radius 2 is 0.710 bits per heavy atom. The van der Waals surface area contributed by atoms with Crippen molar-refractivity contribution in [2.75, 3.05) is 56.8 Å². The maximum atomic E-state index is 14.3. The molecule has 0 aliphatic carbocycles. The minimum atomic E-state index is -1.91. The predicted octanol–water partition coefficient (Wildman–Crippen LogP) is -9.47. The third kappa shape index (κ3) is 47.4.